The van der Waals surface area contributed by atoms with Gasteiger partial charge in [0.1, 0.15) is 11.5 Å². The van der Waals surface area contributed by atoms with E-state index in [1.54, 1.807) is 0 Å². The molecule has 1 aromatic carbocycles. The van der Waals surface area contributed by atoms with Crippen molar-refractivity contribution in [2.24, 2.45) is 0 Å². The van der Waals surface area contributed by atoms with Gasteiger partial charge in [-0.25, -0.2) is 4.98 Å². The topological polar surface area (TPSA) is 55.1 Å². The molecule has 0 amide bonds. The molecule has 4 heteroatoms. The molecule has 2 aromatic rings. The molecule has 0 radical (unpaired) electrons. The number of benzene rings is 1. The summed E-state index contributed by atoms with van der Waals surface area (Å²) in [5.74, 6) is 1.03. The number of hydrogen-bond donors (Lipinski definition) is 1. The van der Waals surface area contributed by atoms with E-state index in [0.29, 0.717) is 24.2 Å². The third-order valence-corrected chi connectivity index (χ3v) is 3.09. The first-order valence-corrected chi connectivity index (χ1v) is 6.36. The Balaban J connectivity index is 2.47. The highest BCUT2D eigenvalue weighted by molar-refractivity contribution is 5.73. The third-order valence-electron chi connectivity index (χ3n) is 3.09. The van der Waals surface area contributed by atoms with Crippen LogP contribution in [0.2, 0.25) is 0 Å². The lowest BCUT2D eigenvalue weighted by molar-refractivity contribution is 0.111. The molecule has 0 aliphatic carbocycles. The Morgan fingerprint density at radius 2 is 2.00 bits per heavy atom. The van der Waals surface area contributed by atoms with Crippen LogP contribution in [0.3, 0.4) is 0 Å². The van der Waals surface area contributed by atoms with Gasteiger partial charge >= 0.3 is 0 Å². The zero-order chi connectivity index (χ0) is 13.8. The molecule has 0 unspecified atom stereocenters. The highest BCUT2D eigenvalue weighted by Crippen LogP contribution is 2.20. The first-order chi connectivity index (χ1) is 9.17. The summed E-state index contributed by atoms with van der Waals surface area (Å²) in [4.78, 5) is 15.4. The van der Waals surface area contributed by atoms with Gasteiger partial charge in [0, 0.05) is 12.5 Å². The van der Waals surface area contributed by atoms with Crippen molar-refractivity contribution in [3.05, 3.63) is 53.1 Å². The van der Waals surface area contributed by atoms with Crippen LogP contribution in [0.1, 0.15) is 47.3 Å². The summed E-state index contributed by atoms with van der Waals surface area (Å²) in [6.45, 7) is 4.49. The van der Waals surface area contributed by atoms with Crippen molar-refractivity contribution < 1.29 is 9.90 Å². The number of rotatable bonds is 5. The summed E-state index contributed by atoms with van der Waals surface area (Å²) in [6.07, 6.45) is 0.707. The van der Waals surface area contributed by atoms with Crippen molar-refractivity contribution in [3.63, 3.8) is 0 Å². The van der Waals surface area contributed by atoms with Crippen LogP contribution >= 0.6 is 0 Å². The number of aliphatic hydroxyl groups excluding tert-OH is 1. The Kier molecular flexibility index (Phi) is 4.12. The number of carbonyl (C=O) groups is 1. The lowest BCUT2D eigenvalue weighted by atomic mass is 10.2. The van der Waals surface area contributed by atoms with Gasteiger partial charge in [-0.2, -0.15) is 0 Å². The fraction of sp³-hybridized carbons (Fsp3) is 0.333. The number of aliphatic hydroxyl groups is 1. The van der Waals surface area contributed by atoms with E-state index >= 15 is 0 Å². The van der Waals surface area contributed by atoms with Crippen molar-refractivity contribution in [2.45, 2.75) is 32.9 Å². The van der Waals surface area contributed by atoms with Crippen LogP contribution in [-0.2, 0) is 13.2 Å². The molecule has 0 saturated heterocycles. The van der Waals surface area contributed by atoms with Crippen molar-refractivity contribution in [2.75, 3.05) is 0 Å². The molecule has 0 fully saturated rings. The van der Waals surface area contributed by atoms with Crippen molar-refractivity contribution in [1.82, 2.24) is 9.55 Å². The zero-order valence-corrected chi connectivity index (χ0v) is 11.2. The standard InChI is InChI=1S/C15H18N2O2/c1-11(2)15-16-13(9-18)14(10-19)17(15)8-12-6-4-3-5-7-12/h3-7,9,11,19H,8,10H2,1-2H3. The van der Waals surface area contributed by atoms with Crippen LogP contribution in [0.5, 0.6) is 0 Å². The maximum absolute atomic E-state index is 11.0. The van der Waals surface area contributed by atoms with E-state index in [9.17, 15) is 9.90 Å². The molecule has 100 valence electrons. The van der Waals surface area contributed by atoms with Gasteiger partial charge in [0.05, 0.1) is 12.3 Å². The second kappa shape index (κ2) is 5.80. The Morgan fingerprint density at radius 1 is 1.32 bits per heavy atom. The largest absolute Gasteiger partial charge is 0.390 e. The summed E-state index contributed by atoms with van der Waals surface area (Å²) in [5, 5.41) is 9.48. The van der Waals surface area contributed by atoms with Gasteiger partial charge < -0.3 is 9.67 Å². The fourth-order valence-electron chi connectivity index (χ4n) is 2.17. The third kappa shape index (κ3) is 2.74. The van der Waals surface area contributed by atoms with Crippen LogP contribution in [0.15, 0.2) is 30.3 Å². The minimum absolute atomic E-state index is 0.180. The SMILES string of the molecule is CC(C)c1nc(C=O)c(CO)n1Cc1ccccc1. The Morgan fingerprint density at radius 3 is 2.53 bits per heavy atom. The summed E-state index contributed by atoms with van der Waals surface area (Å²) >= 11 is 0. The molecule has 0 bridgehead atoms. The lowest BCUT2D eigenvalue weighted by Crippen LogP contribution is -2.10. The summed E-state index contributed by atoms with van der Waals surface area (Å²) < 4.78 is 1.93. The average Bonchev–Trinajstić information content (AvgIpc) is 2.77. The van der Waals surface area contributed by atoms with Gasteiger partial charge in [0.25, 0.3) is 0 Å². The molecule has 0 aliphatic heterocycles. The van der Waals surface area contributed by atoms with Gasteiger partial charge in [-0.05, 0) is 5.56 Å². The predicted octanol–water partition coefficient (Wildman–Crippen LogP) is 2.36. The van der Waals surface area contributed by atoms with Crippen LogP contribution in [0.25, 0.3) is 0 Å². The zero-order valence-electron chi connectivity index (χ0n) is 11.2. The normalized spacial score (nSPS) is 10.9. The second-order valence-corrected chi connectivity index (χ2v) is 4.80. The number of imidazole rings is 1. The molecule has 1 N–H and O–H groups in total. The van der Waals surface area contributed by atoms with E-state index in [1.807, 2.05) is 48.7 Å². The van der Waals surface area contributed by atoms with Crippen LogP contribution < -0.4 is 0 Å². The second-order valence-electron chi connectivity index (χ2n) is 4.80. The molecule has 0 atom stereocenters. The van der Waals surface area contributed by atoms with Crippen LogP contribution in [0, 0.1) is 0 Å². The van der Waals surface area contributed by atoms with E-state index in [-0.39, 0.29) is 12.5 Å². The minimum atomic E-state index is -0.180. The van der Waals surface area contributed by atoms with Gasteiger partial charge in [-0.15, -0.1) is 0 Å². The highest BCUT2D eigenvalue weighted by atomic mass is 16.3. The van der Waals surface area contributed by atoms with E-state index in [1.165, 1.54) is 0 Å². The predicted molar refractivity (Wildman–Crippen MR) is 73.2 cm³/mol. The number of aromatic nitrogens is 2. The maximum Gasteiger partial charge on any atom is 0.170 e. The Hall–Kier alpha value is -1.94. The average molecular weight is 258 g/mol. The quantitative estimate of drug-likeness (QED) is 0.838. The van der Waals surface area contributed by atoms with E-state index < -0.39 is 0 Å². The molecule has 1 heterocycles. The van der Waals surface area contributed by atoms with E-state index in [2.05, 4.69) is 4.98 Å². The number of aldehydes is 1. The van der Waals surface area contributed by atoms with Crippen LogP contribution in [0.4, 0.5) is 0 Å². The molecule has 1 aromatic heterocycles. The summed E-state index contributed by atoms with van der Waals surface area (Å²) in [6, 6.07) is 9.95. The molecule has 0 aliphatic rings. The first kappa shape index (κ1) is 13.5. The highest BCUT2D eigenvalue weighted by Gasteiger charge is 2.18. The summed E-state index contributed by atoms with van der Waals surface area (Å²) in [7, 11) is 0. The van der Waals surface area contributed by atoms with Crippen molar-refractivity contribution >= 4 is 6.29 Å². The first-order valence-electron chi connectivity index (χ1n) is 6.36. The molecular formula is C15H18N2O2. The minimum Gasteiger partial charge on any atom is -0.390 e. The van der Waals surface area contributed by atoms with Gasteiger partial charge in [0.2, 0.25) is 0 Å². The van der Waals surface area contributed by atoms with Crippen LogP contribution in [-0.4, -0.2) is 20.9 Å². The number of nitrogens with zero attached hydrogens (tertiary/aromatic N) is 2. The monoisotopic (exact) mass is 258 g/mol. The van der Waals surface area contributed by atoms with E-state index in [0.717, 1.165) is 11.4 Å². The fourth-order valence-corrected chi connectivity index (χ4v) is 2.17. The molecule has 0 spiro atoms. The van der Waals surface area contributed by atoms with Gasteiger partial charge in [-0.3, -0.25) is 4.79 Å². The summed E-state index contributed by atoms with van der Waals surface area (Å²) in [5.41, 5.74) is 2.04. The maximum atomic E-state index is 11.0. The van der Waals surface area contributed by atoms with Gasteiger partial charge in [-0.1, -0.05) is 44.2 Å². The molecule has 4 nitrogen and oxygen atoms in total. The lowest BCUT2D eigenvalue weighted by Gasteiger charge is -2.13. The number of hydrogen-bond acceptors (Lipinski definition) is 3. The van der Waals surface area contributed by atoms with E-state index in [4.69, 9.17) is 0 Å². The molecule has 19 heavy (non-hydrogen) atoms. The van der Waals surface area contributed by atoms with Crippen molar-refractivity contribution in [1.29, 1.82) is 0 Å². The molecule has 2 rings (SSSR count). The smallest absolute Gasteiger partial charge is 0.170 e. The number of carbonyl (C=O) groups excluding carboxylic acids is 1. The van der Waals surface area contributed by atoms with Gasteiger partial charge in [0.15, 0.2) is 6.29 Å². The molecule has 0 saturated carbocycles. The molecular weight excluding hydrogens is 240 g/mol. The Bertz CT molecular complexity index is 559. The Labute approximate surface area is 112 Å². The van der Waals surface area contributed by atoms with Crippen molar-refractivity contribution in [3.8, 4) is 0 Å².